The molecule has 1 heterocycles. The smallest absolute Gasteiger partial charge is 0.403 e. The molecule has 0 amide bonds. The van der Waals surface area contributed by atoms with E-state index in [4.69, 9.17) is 10.2 Å². The highest BCUT2D eigenvalue weighted by Crippen LogP contribution is 2.27. The number of rotatable bonds is 5. The predicted octanol–water partition coefficient (Wildman–Crippen LogP) is -0.141. The van der Waals surface area contributed by atoms with Gasteiger partial charge in [-0.1, -0.05) is 0 Å². The summed E-state index contributed by atoms with van der Waals surface area (Å²) in [6, 6.07) is 0. The Balaban J connectivity index is 2.46. The molecular weight excluding hydrogens is 253 g/mol. The van der Waals surface area contributed by atoms with Crippen LogP contribution in [-0.2, 0) is 4.79 Å². The first kappa shape index (κ1) is 15.2. The summed E-state index contributed by atoms with van der Waals surface area (Å²) >= 11 is 0. The number of carbonyl (C=O) groups is 1. The van der Waals surface area contributed by atoms with Crippen LogP contribution >= 0.6 is 0 Å². The topological polar surface area (TPSA) is 64.0 Å². The number of carboxylic acid groups (broad SMARTS) is 1. The number of aliphatic hydroxyl groups is 1. The number of aliphatic carboxylic acids is 1. The lowest BCUT2D eigenvalue weighted by molar-refractivity contribution is -0.197. The van der Waals surface area contributed by atoms with Crippen molar-refractivity contribution in [3.05, 3.63) is 0 Å². The van der Waals surface area contributed by atoms with Crippen LogP contribution < -0.4 is 0 Å². The van der Waals surface area contributed by atoms with Crippen LogP contribution in [0, 0.1) is 5.92 Å². The Hall–Kier alpha value is -0.860. The van der Waals surface area contributed by atoms with E-state index < -0.39 is 24.6 Å². The van der Waals surface area contributed by atoms with E-state index in [1.54, 1.807) is 0 Å². The first-order chi connectivity index (χ1) is 8.34. The molecule has 0 spiro atoms. The van der Waals surface area contributed by atoms with Gasteiger partial charge in [-0.3, -0.25) is 14.6 Å². The Morgan fingerprint density at radius 3 is 2.06 bits per heavy atom. The van der Waals surface area contributed by atoms with E-state index in [-0.39, 0.29) is 6.61 Å². The summed E-state index contributed by atoms with van der Waals surface area (Å²) in [6.07, 6.45) is -4.71. The number of β-amino-alcohol motifs (C(OH)–C–C–N with tert-alkyl or cyclic N) is 1. The Morgan fingerprint density at radius 2 is 1.67 bits per heavy atom. The quantitative estimate of drug-likeness (QED) is 0.728. The fourth-order valence-electron chi connectivity index (χ4n) is 1.92. The van der Waals surface area contributed by atoms with Crippen molar-refractivity contribution in [3.63, 3.8) is 0 Å². The molecule has 1 saturated heterocycles. The fraction of sp³-hybridized carbons (Fsp3) is 0.900. The maximum Gasteiger partial charge on any atom is 0.403 e. The molecule has 1 aliphatic rings. The molecule has 2 N–H and O–H groups in total. The number of nitrogens with zero attached hydrogens (tertiary/aromatic N) is 2. The molecule has 0 aromatic rings. The highest BCUT2D eigenvalue weighted by molar-refractivity contribution is 5.71. The monoisotopic (exact) mass is 270 g/mol. The number of aliphatic hydroxyl groups excluding tert-OH is 1. The Kier molecular flexibility index (Phi) is 5.36. The molecule has 106 valence electrons. The molecule has 0 saturated carbocycles. The normalized spacial score (nSPS) is 20.9. The van der Waals surface area contributed by atoms with Crippen LogP contribution in [-0.4, -0.2) is 78.0 Å². The Morgan fingerprint density at radius 1 is 1.17 bits per heavy atom. The molecular formula is C10H17F3N2O3. The Labute approximate surface area is 103 Å². The maximum atomic E-state index is 12.5. The van der Waals surface area contributed by atoms with E-state index in [0.29, 0.717) is 32.7 Å². The van der Waals surface area contributed by atoms with Crippen LogP contribution in [0.3, 0.4) is 0 Å². The molecule has 18 heavy (non-hydrogen) atoms. The zero-order valence-electron chi connectivity index (χ0n) is 9.86. The zero-order valence-corrected chi connectivity index (χ0v) is 9.86. The molecule has 1 rings (SSSR count). The molecule has 1 fully saturated rings. The average Bonchev–Trinajstić information content (AvgIpc) is 2.26. The van der Waals surface area contributed by atoms with Crippen LogP contribution in [0.5, 0.6) is 0 Å². The minimum Gasteiger partial charge on any atom is -0.481 e. The van der Waals surface area contributed by atoms with Gasteiger partial charge in [-0.15, -0.1) is 0 Å². The fourth-order valence-corrected chi connectivity index (χ4v) is 1.92. The maximum absolute atomic E-state index is 12.5. The van der Waals surface area contributed by atoms with Crippen molar-refractivity contribution < 1.29 is 28.2 Å². The van der Waals surface area contributed by atoms with Crippen molar-refractivity contribution in [1.29, 1.82) is 0 Å². The number of carboxylic acids is 1. The van der Waals surface area contributed by atoms with Crippen LogP contribution in [0.4, 0.5) is 13.2 Å². The average molecular weight is 270 g/mol. The third kappa shape index (κ3) is 4.43. The van der Waals surface area contributed by atoms with Gasteiger partial charge in [-0.2, -0.15) is 13.2 Å². The van der Waals surface area contributed by atoms with Crippen molar-refractivity contribution in [2.45, 2.75) is 6.18 Å². The second-order valence-corrected chi connectivity index (χ2v) is 4.30. The molecule has 0 aliphatic carbocycles. The molecule has 8 heteroatoms. The zero-order chi connectivity index (χ0) is 13.8. The van der Waals surface area contributed by atoms with Crippen molar-refractivity contribution in [2.75, 3.05) is 45.9 Å². The van der Waals surface area contributed by atoms with E-state index in [0.717, 1.165) is 0 Å². The van der Waals surface area contributed by atoms with E-state index in [2.05, 4.69) is 0 Å². The molecule has 0 aromatic carbocycles. The lowest BCUT2D eigenvalue weighted by atomic mass is 10.1. The van der Waals surface area contributed by atoms with Gasteiger partial charge in [0.15, 0.2) is 5.92 Å². The largest absolute Gasteiger partial charge is 0.481 e. The highest BCUT2D eigenvalue weighted by Gasteiger charge is 2.46. The van der Waals surface area contributed by atoms with Crippen molar-refractivity contribution in [3.8, 4) is 0 Å². The lowest BCUT2D eigenvalue weighted by Crippen LogP contribution is -2.51. The van der Waals surface area contributed by atoms with E-state index in [1.807, 2.05) is 4.90 Å². The van der Waals surface area contributed by atoms with Gasteiger partial charge in [0.25, 0.3) is 0 Å². The van der Waals surface area contributed by atoms with Gasteiger partial charge in [0, 0.05) is 39.3 Å². The van der Waals surface area contributed by atoms with Gasteiger partial charge in [0.2, 0.25) is 0 Å². The molecule has 0 radical (unpaired) electrons. The van der Waals surface area contributed by atoms with E-state index in [9.17, 15) is 18.0 Å². The summed E-state index contributed by atoms with van der Waals surface area (Å²) in [7, 11) is 0. The third-order valence-corrected chi connectivity index (χ3v) is 3.02. The summed E-state index contributed by atoms with van der Waals surface area (Å²) in [5.41, 5.74) is 0. The van der Waals surface area contributed by atoms with Crippen LogP contribution in [0.2, 0.25) is 0 Å². The van der Waals surface area contributed by atoms with Gasteiger partial charge < -0.3 is 10.2 Å². The number of hydrogen-bond donors (Lipinski definition) is 2. The molecule has 0 aromatic heterocycles. The summed E-state index contributed by atoms with van der Waals surface area (Å²) in [4.78, 5) is 14.0. The van der Waals surface area contributed by atoms with Gasteiger partial charge in [-0.25, -0.2) is 0 Å². The SMILES string of the molecule is O=C(O)C(CN1CCN(CCO)CC1)C(F)(F)F. The summed E-state index contributed by atoms with van der Waals surface area (Å²) in [5, 5.41) is 17.3. The number of hydrogen-bond acceptors (Lipinski definition) is 4. The standard InChI is InChI=1S/C10H17F3N2O3/c11-10(12,13)8(9(17)18)7-15-3-1-14(2-4-15)5-6-16/h8,16H,1-7H2,(H,17,18). The third-order valence-electron chi connectivity index (χ3n) is 3.02. The van der Waals surface area contributed by atoms with Gasteiger partial charge in [-0.05, 0) is 0 Å². The molecule has 1 aliphatic heterocycles. The number of alkyl halides is 3. The molecule has 1 atom stereocenters. The van der Waals surface area contributed by atoms with Crippen molar-refractivity contribution >= 4 is 5.97 Å². The van der Waals surface area contributed by atoms with Gasteiger partial charge in [0.1, 0.15) is 0 Å². The molecule has 0 bridgehead atoms. The van der Waals surface area contributed by atoms with E-state index >= 15 is 0 Å². The van der Waals surface area contributed by atoms with Crippen molar-refractivity contribution in [1.82, 2.24) is 9.80 Å². The van der Waals surface area contributed by atoms with Crippen LogP contribution in [0.15, 0.2) is 0 Å². The van der Waals surface area contributed by atoms with E-state index in [1.165, 1.54) is 4.90 Å². The van der Waals surface area contributed by atoms with Crippen molar-refractivity contribution in [2.24, 2.45) is 5.92 Å². The van der Waals surface area contributed by atoms with Crippen LogP contribution in [0.1, 0.15) is 0 Å². The second kappa shape index (κ2) is 6.35. The predicted molar refractivity (Wildman–Crippen MR) is 57.1 cm³/mol. The molecule has 5 nitrogen and oxygen atoms in total. The minimum atomic E-state index is -4.71. The number of piperazine rings is 1. The highest BCUT2D eigenvalue weighted by atomic mass is 19.4. The second-order valence-electron chi connectivity index (χ2n) is 4.30. The minimum absolute atomic E-state index is 0.0142. The van der Waals surface area contributed by atoms with Crippen LogP contribution in [0.25, 0.3) is 0 Å². The summed E-state index contributed by atoms with van der Waals surface area (Å²) in [5.74, 6) is -4.16. The lowest BCUT2D eigenvalue weighted by Gasteiger charge is -2.35. The summed E-state index contributed by atoms with van der Waals surface area (Å²) in [6.45, 7) is 1.87. The Bertz CT molecular complexity index is 278. The molecule has 1 unspecified atom stereocenters. The first-order valence-corrected chi connectivity index (χ1v) is 5.69. The first-order valence-electron chi connectivity index (χ1n) is 5.69. The number of halogens is 3. The summed E-state index contributed by atoms with van der Waals surface area (Å²) < 4.78 is 37.4. The van der Waals surface area contributed by atoms with Gasteiger partial charge >= 0.3 is 12.1 Å². The van der Waals surface area contributed by atoms with Gasteiger partial charge in [0.05, 0.1) is 6.61 Å².